The predicted octanol–water partition coefficient (Wildman–Crippen LogP) is 3.01. The fraction of sp³-hybridized carbons (Fsp3) is 0.222. The van der Waals surface area contributed by atoms with E-state index in [9.17, 15) is 4.79 Å². The van der Waals surface area contributed by atoms with Crippen LogP contribution >= 0.6 is 23.2 Å². The molecule has 0 unspecified atom stereocenters. The Bertz CT molecular complexity index is 388. The summed E-state index contributed by atoms with van der Waals surface area (Å²) in [4.78, 5) is 10.8. The lowest BCUT2D eigenvalue weighted by atomic mass is 10.1. The zero-order valence-corrected chi connectivity index (χ0v) is 9.11. The summed E-state index contributed by atoms with van der Waals surface area (Å²) >= 11 is 11.7. The van der Waals surface area contributed by atoms with E-state index in [0.717, 1.165) is 0 Å². The van der Waals surface area contributed by atoms with Gasteiger partial charge in [-0.2, -0.15) is 0 Å². The number of ether oxygens (including phenoxy) is 1. The second kappa shape index (κ2) is 4.07. The third-order valence-corrected chi connectivity index (χ3v) is 2.79. The van der Waals surface area contributed by atoms with Crippen molar-refractivity contribution in [2.45, 2.75) is 6.92 Å². The van der Waals surface area contributed by atoms with E-state index in [1.54, 1.807) is 6.92 Å². The molecule has 3 nitrogen and oxygen atoms in total. The van der Waals surface area contributed by atoms with Gasteiger partial charge in [0.1, 0.15) is 5.75 Å². The van der Waals surface area contributed by atoms with Gasteiger partial charge in [-0.3, -0.25) is 0 Å². The van der Waals surface area contributed by atoms with Crippen molar-refractivity contribution in [1.29, 1.82) is 0 Å². The number of rotatable bonds is 2. The molecule has 0 aliphatic heterocycles. The molecule has 1 aromatic carbocycles. The molecule has 1 aromatic rings. The summed E-state index contributed by atoms with van der Waals surface area (Å²) in [5.74, 6) is -0.793. The third-order valence-electron chi connectivity index (χ3n) is 1.84. The van der Waals surface area contributed by atoms with E-state index in [4.69, 9.17) is 33.0 Å². The van der Waals surface area contributed by atoms with Gasteiger partial charge in [0.05, 0.1) is 22.7 Å². The van der Waals surface area contributed by atoms with Crippen LogP contribution in [0, 0.1) is 6.92 Å². The van der Waals surface area contributed by atoms with E-state index in [-0.39, 0.29) is 10.6 Å². The molecule has 1 rings (SSSR count). The van der Waals surface area contributed by atoms with E-state index >= 15 is 0 Å². The zero-order valence-electron chi connectivity index (χ0n) is 7.60. The number of benzene rings is 1. The quantitative estimate of drug-likeness (QED) is 0.856. The fourth-order valence-electron chi connectivity index (χ4n) is 1.05. The summed E-state index contributed by atoms with van der Waals surface area (Å²) in [6.45, 7) is 1.64. The van der Waals surface area contributed by atoms with Crippen LogP contribution in [0.3, 0.4) is 0 Å². The minimum atomic E-state index is -1.10. The van der Waals surface area contributed by atoms with Gasteiger partial charge in [-0.25, -0.2) is 4.79 Å². The highest BCUT2D eigenvalue weighted by Crippen LogP contribution is 2.35. The largest absolute Gasteiger partial charge is 0.495 e. The molecular weight excluding hydrogens is 227 g/mol. The molecule has 0 atom stereocenters. The van der Waals surface area contributed by atoms with Crippen molar-refractivity contribution in [3.8, 4) is 5.75 Å². The molecular formula is C9H8Cl2O3. The van der Waals surface area contributed by atoms with Gasteiger partial charge in [0.15, 0.2) is 0 Å². The van der Waals surface area contributed by atoms with Gasteiger partial charge in [-0.05, 0) is 18.6 Å². The summed E-state index contributed by atoms with van der Waals surface area (Å²) in [6, 6.07) is 1.31. The molecule has 0 saturated heterocycles. The average Bonchev–Trinajstić information content (AvgIpc) is 2.14. The molecule has 1 N–H and O–H groups in total. The minimum Gasteiger partial charge on any atom is -0.495 e. The Hall–Kier alpha value is -0.930. The molecule has 0 saturated carbocycles. The number of methoxy groups -OCH3 is 1. The van der Waals surface area contributed by atoms with Crippen LogP contribution in [-0.2, 0) is 0 Å². The first-order chi connectivity index (χ1) is 6.49. The van der Waals surface area contributed by atoms with Crippen LogP contribution in [0.2, 0.25) is 10.0 Å². The Kier molecular flexibility index (Phi) is 3.24. The lowest BCUT2D eigenvalue weighted by Gasteiger charge is -2.09. The van der Waals surface area contributed by atoms with Crippen molar-refractivity contribution in [2.75, 3.05) is 7.11 Å². The first-order valence-corrected chi connectivity index (χ1v) is 4.50. The number of carbonyl (C=O) groups is 1. The molecule has 0 aliphatic carbocycles. The first-order valence-electron chi connectivity index (χ1n) is 3.75. The maximum Gasteiger partial charge on any atom is 0.337 e. The number of carboxylic acids is 1. The molecule has 0 aromatic heterocycles. The Morgan fingerprint density at radius 2 is 2.00 bits per heavy atom. The monoisotopic (exact) mass is 234 g/mol. The van der Waals surface area contributed by atoms with Crippen molar-refractivity contribution >= 4 is 29.2 Å². The number of hydrogen-bond donors (Lipinski definition) is 1. The van der Waals surface area contributed by atoms with Crippen LogP contribution < -0.4 is 4.74 Å². The summed E-state index contributed by atoms with van der Waals surface area (Å²) in [5.41, 5.74) is 0.496. The van der Waals surface area contributed by atoms with Crippen molar-refractivity contribution in [3.63, 3.8) is 0 Å². The molecule has 0 spiro atoms. The van der Waals surface area contributed by atoms with Crippen molar-refractivity contribution in [1.82, 2.24) is 0 Å². The van der Waals surface area contributed by atoms with Crippen molar-refractivity contribution in [2.24, 2.45) is 0 Å². The third kappa shape index (κ3) is 1.79. The maximum absolute atomic E-state index is 10.8. The zero-order chi connectivity index (χ0) is 10.9. The van der Waals surface area contributed by atoms with Gasteiger partial charge in [0, 0.05) is 0 Å². The van der Waals surface area contributed by atoms with E-state index in [1.165, 1.54) is 13.2 Å². The summed E-state index contributed by atoms with van der Waals surface area (Å²) in [6.07, 6.45) is 0. The van der Waals surface area contributed by atoms with Gasteiger partial charge in [-0.15, -0.1) is 0 Å². The second-order valence-electron chi connectivity index (χ2n) is 2.68. The number of halogens is 2. The van der Waals surface area contributed by atoms with Crippen LogP contribution in [0.15, 0.2) is 6.07 Å². The second-order valence-corrected chi connectivity index (χ2v) is 3.44. The van der Waals surface area contributed by atoms with Gasteiger partial charge in [-0.1, -0.05) is 23.2 Å². The molecule has 0 radical (unpaired) electrons. The van der Waals surface area contributed by atoms with E-state index < -0.39 is 5.97 Å². The minimum absolute atomic E-state index is 0.00887. The first kappa shape index (κ1) is 11.1. The highest BCUT2D eigenvalue weighted by atomic mass is 35.5. The fourth-order valence-corrected chi connectivity index (χ4v) is 1.55. The van der Waals surface area contributed by atoms with Crippen LogP contribution in [0.5, 0.6) is 5.75 Å². The molecule has 0 aliphatic rings. The van der Waals surface area contributed by atoms with Crippen molar-refractivity contribution < 1.29 is 14.6 Å². The number of carboxylic acid groups (broad SMARTS) is 1. The van der Waals surface area contributed by atoms with E-state index in [2.05, 4.69) is 0 Å². The summed E-state index contributed by atoms with van der Waals surface area (Å²) in [5, 5.41) is 9.30. The number of hydrogen-bond acceptors (Lipinski definition) is 2. The summed E-state index contributed by atoms with van der Waals surface area (Å²) in [7, 11) is 1.42. The number of aromatic carboxylic acids is 1. The lowest BCUT2D eigenvalue weighted by Crippen LogP contribution is -2.00. The standard InChI is InChI=1S/C9H8Cl2O3/c1-4-7(10)5(9(12)13)3-6(14-2)8(4)11/h3H,1-2H3,(H,12,13). The maximum atomic E-state index is 10.8. The van der Waals surface area contributed by atoms with Gasteiger partial charge >= 0.3 is 5.97 Å². The normalized spacial score (nSPS) is 10.0. The molecule has 0 heterocycles. The Labute approximate surface area is 91.2 Å². The van der Waals surface area contributed by atoms with Crippen LogP contribution in [0.4, 0.5) is 0 Å². The van der Waals surface area contributed by atoms with E-state index in [1.807, 2.05) is 0 Å². The van der Waals surface area contributed by atoms with Crippen LogP contribution in [-0.4, -0.2) is 18.2 Å². The Morgan fingerprint density at radius 3 is 2.43 bits per heavy atom. The SMILES string of the molecule is COc1cc(C(=O)O)c(Cl)c(C)c1Cl. The molecule has 76 valence electrons. The van der Waals surface area contributed by atoms with Crippen LogP contribution in [0.1, 0.15) is 15.9 Å². The lowest BCUT2D eigenvalue weighted by molar-refractivity contribution is 0.0696. The topological polar surface area (TPSA) is 46.5 Å². The van der Waals surface area contributed by atoms with Crippen molar-refractivity contribution in [3.05, 3.63) is 27.2 Å². The predicted molar refractivity (Wildman–Crippen MR) is 54.7 cm³/mol. The summed E-state index contributed by atoms with van der Waals surface area (Å²) < 4.78 is 4.92. The molecule has 0 amide bonds. The van der Waals surface area contributed by atoms with Crippen LogP contribution in [0.25, 0.3) is 0 Å². The van der Waals surface area contributed by atoms with Gasteiger partial charge in [0.2, 0.25) is 0 Å². The Balaban J connectivity index is 3.48. The highest BCUT2D eigenvalue weighted by Gasteiger charge is 2.17. The van der Waals surface area contributed by atoms with Gasteiger partial charge < -0.3 is 9.84 Å². The average molecular weight is 235 g/mol. The molecule has 0 bridgehead atoms. The molecule has 5 heteroatoms. The molecule has 0 fully saturated rings. The van der Waals surface area contributed by atoms with E-state index in [0.29, 0.717) is 16.3 Å². The van der Waals surface area contributed by atoms with Gasteiger partial charge in [0.25, 0.3) is 0 Å². The molecule has 14 heavy (non-hydrogen) atoms. The Morgan fingerprint density at radius 1 is 1.43 bits per heavy atom. The highest BCUT2D eigenvalue weighted by molar-refractivity contribution is 6.38. The smallest absolute Gasteiger partial charge is 0.337 e.